The van der Waals surface area contributed by atoms with Crippen LogP contribution in [0.2, 0.25) is 0 Å². The summed E-state index contributed by atoms with van der Waals surface area (Å²) < 4.78 is 12.0. The topological polar surface area (TPSA) is 108 Å². The van der Waals surface area contributed by atoms with Crippen molar-refractivity contribution in [2.24, 2.45) is 0 Å². The predicted molar refractivity (Wildman–Crippen MR) is 115 cm³/mol. The summed E-state index contributed by atoms with van der Waals surface area (Å²) in [4.78, 5) is 24.0. The van der Waals surface area contributed by atoms with Crippen molar-refractivity contribution in [2.75, 3.05) is 21.2 Å². The van der Waals surface area contributed by atoms with Crippen molar-refractivity contribution in [1.29, 1.82) is 0 Å². The van der Waals surface area contributed by atoms with Crippen molar-refractivity contribution in [3.8, 4) is 17.2 Å². The summed E-state index contributed by atoms with van der Waals surface area (Å²) in [5.74, 6) is -0.0121. The quantitative estimate of drug-likeness (QED) is 0.341. The van der Waals surface area contributed by atoms with Gasteiger partial charge in [0, 0.05) is 18.7 Å². The van der Waals surface area contributed by atoms with Crippen LogP contribution in [-0.2, 0) is 16.1 Å². The lowest BCUT2D eigenvalue weighted by molar-refractivity contribution is -0.800. The van der Waals surface area contributed by atoms with E-state index in [1.54, 1.807) is 48.2 Å². The Hall–Kier alpha value is -3.85. The number of rotatable bonds is 7. The van der Waals surface area contributed by atoms with Gasteiger partial charge in [0.2, 0.25) is 0 Å². The summed E-state index contributed by atoms with van der Waals surface area (Å²) in [5.41, 5.74) is 1.53. The maximum Gasteiger partial charge on any atom is 0.302 e. The van der Waals surface area contributed by atoms with E-state index in [9.17, 15) is 20.0 Å². The number of phenolic OH excluding ortho intramolecular Hbond substituents is 1. The molecule has 0 saturated carbocycles. The van der Waals surface area contributed by atoms with Gasteiger partial charge >= 0.3 is 11.7 Å². The lowest BCUT2D eigenvalue weighted by Crippen LogP contribution is -3.00. The number of ether oxygens (including phenoxy) is 2. The Morgan fingerprint density at radius 2 is 1.90 bits per heavy atom. The van der Waals surface area contributed by atoms with E-state index in [1.807, 2.05) is 14.1 Å². The number of aromatic nitrogens is 1. The summed E-state index contributed by atoms with van der Waals surface area (Å²) in [6.45, 7) is 1.04. The highest BCUT2D eigenvalue weighted by Crippen LogP contribution is 2.41. The zero-order valence-corrected chi connectivity index (χ0v) is 17.7. The Balaban J connectivity index is 2.44. The van der Waals surface area contributed by atoms with Crippen LogP contribution >= 0.6 is 0 Å². The highest BCUT2D eigenvalue weighted by Gasteiger charge is 2.29. The molecule has 31 heavy (non-hydrogen) atoms. The van der Waals surface area contributed by atoms with Crippen LogP contribution in [0.3, 0.4) is 0 Å². The fourth-order valence-electron chi connectivity index (χ4n) is 3.34. The van der Waals surface area contributed by atoms with Crippen LogP contribution < -0.4 is 9.64 Å². The monoisotopic (exact) mass is 426 g/mol. The Bertz CT molecular complexity index is 1160. The van der Waals surface area contributed by atoms with E-state index in [0.717, 1.165) is 4.90 Å². The van der Waals surface area contributed by atoms with Crippen LogP contribution in [-0.4, -0.2) is 41.8 Å². The second kappa shape index (κ2) is 8.88. The number of hydrogen-bond acceptors (Lipinski definition) is 6. The fourth-order valence-corrected chi connectivity index (χ4v) is 3.34. The molecule has 0 amide bonds. The number of nitro groups is 1. The first-order valence-corrected chi connectivity index (χ1v) is 9.54. The molecule has 0 aliphatic carbocycles. The lowest BCUT2D eigenvalue weighted by atomic mass is 10.1. The number of hydrogen-bond donors (Lipinski definition) is 2. The molecule has 0 bridgehead atoms. The van der Waals surface area contributed by atoms with Crippen LogP contribution in [0.5, 0.6) is 11.5 Å². The summed E-state index contributed by atoms with van der Waals surface area (Å²) in [7, 11) is 5.33. The molecule has 2 aromatic carbocycles. The number of fused-ring (bicyclic) bond motifs is 1. The van der Waals surface area contributed by atoms with Crippen molar-refractivity contribution in [2.45, 2.75) is 13.5 Å². The summed E-state index contributed by atoms with van der Waals surface area (Å²) in [5, 5.41) is 22.9. The molecule has 9 heteroatoms. The Morgan fingerprint density at radius 3 is 2.45 bits per heavy atom. The highest BCUT2D eigenvalue weighted by molar-refractivity contribution is 5.99. The minimum atomic E-state index is -0.523. The molecule has 9 nitrogen and oxygen atoms in total. The number of phenols is 1. The average Bonchev–Trinajstić information content (AvgIpc) is 3.05. The maximum atomic E-state index is 12.1. The summed E-state index contributed by atoms with van der Waals surface area (Å²) in [6.07, 6.45) is 3.46. The molecule has 0 spiro atoms. The number of nitrogens with one attached hydrogen (secondary N) is 1. The number of methoxy groups -OCH3 is 1. The van der Waals surface area contributed by atoms with E-state index < -0.39 is 10.9 Å². The molecule has 0 radical (unpaired) electrons. The number of nitrogens with zero attached hydrogens (tertiary/aromatic N) is 2. The van der Waals surface area contributed by atoms with E-state index in [1.165, 1.54) is 19.1 Å². The van der Waals surface area contributed by atoms with Crippen LogP contribution in [0.15, 0.2) is 42.6 Å². The van der Waals surface area contributed by atoms with Gasteiger partial charge in [-0.15, -0.1) is 0 Å². The fraction of sp³-hybridized carbons (Fsp3) is 0.227. The van der Waals surface area contributed by atoms with Gasteiger partial charge in [0.05, 0.1) is 48.8 Å². The molecule has 0 saturated heterocycles. The van der Waals surface area contributed by atoms with Gasteiger partial charge in [0.1, 0.15) is 23.8 Å². The Morgan fingerprint density at radius 1 is 1.23 bits per heavy atom. The van der Waals surface area contributed by atoms with Gasteiger partial charge in [-0.1, -0.05) is 0 Å². The average molecular weight is 426 g/mol. The Labute approximate surface area is 178 Å². The van der Waals surface area contributed by atoms with E-state index >= 15 is 0 Å². The van der Waals surface area contributed by atoms with Crippen LogP contribution in [0, 0.1) is 10.1 Å². The number of aromatic hydroxyl groups is 1. The predicted octanol–water partition coefficient (Wildman–Crippen LogP) is 2.43. The van der Waals surface area contributed by atoms with Gasteiger partial charge in [-0.3, -0.25) is 14.9 Å². The van der Waals surface area contributed by atoms with Gasteiger partial charge in [-0.2, -0.15) is 0 Å². The lowest BCUT2D eigenvalue weighted by Gasteiger charge is -2.13. The van der Waals surface area contributed by atoms with Crippen LogP contribution in [0.25, 0.3) is 22.7 Å². The number of benzene rings is 2. The second-order valence-electron chi connectivity index (χ2n) is 7.17. The van der Waals surface area contributed by atoms with Crippen molar-refractivity contribution >= 4 is 28.6 Å². The first-order chi connectivity index (χ1) is 14.7. The minimum absolute atomic E-state index is 0.104. The van der Waals surface area contributed by atoms with E-state index in [-0.39, 0.29) is 23.6 Å². The normalized spacial score (nSPS) is 11.4. The number of carbonyl (C=O) groups excluding carboxylic acids is 1. The second-order valence-corrected chi connectivity index (χ2v) is 7.17. The SMILES string of the molecule is COc1ccc(-n2c(C=C[NH+](C)C)c([N+](=O)[O-])c3ccc(O)c(COC(C)=O)c32)cc1. The molecule has 0 unspecified atom stereocenters. The smallest absolute Gasteiger partial charge is 0.302 e. The van der Waals surface area contributed by atoms with Crippen molar-refractivity contribution < 1.29 is 29.2 Å². The van der Waals surface area contributed by atoms with Crippen LogP contribution in [0.1, 0.15) is 18.2 Å². The third-order valence-corrected chi connectivity index (χ3v) is 4.73. The molecule has 1 heterocycles. The Kier molecular flexibility index (Phi) is 6.26. The van der Waals surface area contributed by atoms with E-state index in [0.29, 0.717) is 28.0 Å². The standard InChI is InChI=1S/C22H23N3O6/c1-14(26)31-13-18-20(27)10-9-17-21(18)24(15-5-7-16(30-4)8-6-15)19(11-12-23(2)3)22(17)25(28)29/h5-12,27H,13H2,1-4H3/p+1. The molecule has 0 atom stereocenters. The van der Waals surface area contributed by atoms with Crippen molar-refractivity contribution in [1.82, 2.24) is 4.57 Å². The first-order valence-electron chi connectivity index (χ1n) is 9.54. The number of quaternary nitrogens is 1. The maximum absolute atomic E-state index is 12.1. The highest BCUT2D eigenvalue weighted by atomic mass is 16.6. The van der Waals surface area contributed by atoms with Crippen molar-refractivity contribution in [3.63, 3.8) is 0 Å². The zero-order chi connectivity index (χ0) is 22.7. The van der Waals surface area contributed by atoms with Gasteiger partial charge in [-0.25, -0.2) is 0 Å². The van der Waals surface area contributed by atoms with Crippen molar-refractivity contribution in [3.05, 3.63) is 64.0 Å². The molecule has 0 aliphatic heterocycles. The molecule has 3 rings (SSSR count). The molecule has 162 valence electrons. The molecule has 0 fully saturated rings. The molecule has 0 aliphatic rings. The third-order valence-electron chi connectivity index (χ3n) is 4.73. The number of esters is 1. The molecule has 3 aromatic rings. The summed E-state index contributed by atoms with van der Waals surface area (Å²) >= 11 is 0. The third kappa shape index (κ3) is 4.36. The minimum Gasteiger partial charge on any atom is -0.507 e. The molecule has 1 aromatic heterocycles. The zero-order valence-electron chi connectivity index (χ0n) is 17.7. The van der Waals surface area contributed by atoms with Gasteiger partial charge in [-0.05, 0) is 36.4 Å². The van der Waals surface area contributed by atoms with Gasteiger partial charge < -0.3 is 24.0 Å². The number of carbonyl (C=O) groups is 1. The molecule has 2 N–H and O–H groups in total. The van der Waals surface area contributed by atoms with Gasteiger partial charge in [0.15, 0.2) is 0 Å². The van der Waals surface area contributed by atoms with Gasteiger partial charge in [0.25, 0.3) is 0 Å². The molecular formula is C22H24N3O6+. The van der Waals surface area contributed by atoms with Crippen LogP contribution in [0.4, 0.5) is 5.69 Å². The summed E-state index contributed by atoms with van der Waals surface area (Å²) in [6, 6.07) is 9.89. The largest absolute Gasteiger partial charge is 0.507 e. The molecular weight excluding hydrogens is 402 g/mol. The van der Waals surface area contributed by atoms with E-state index in [2.05, 4.69) is 0 Å². The van der Waals surface area contributed by atoms with E-state index in [4.69, 9.17) is 9.47 Å². The first kappa shape index (κ1) is 21.8.